The van der Waals surface area contributed by atoms with Gasteiger partial charge in [-0.3, -0.25) is 9.20 Å². The highest BCUT2D eigenvalue weighted by Gasteiger charge is 2.26. The van der Waals surface area contributed by atoms with E-state index in [0.717, 1.165) is 48.2 Å². The second-order valence-corrected chi connectivity index (χ2v) is 12.0. The first kappa shape index (κ1) is 29.9. The number of fused-ring (bicyclic) bond motifs is 1. The highest BCUT2D eigenvalue weighted by atomic mass is 19.2. The Bertz CT molecular complexity index is 1680. The molecular weight excluding hydrogens is 552 g/mol. The van der Waals surface area contributed by atoms with Crippen LogP contribution in [0.15, 0.2) is 48.9 Å². The third kappa shape index (κ3) is 6.60. The van der Waals surface area contributed by atoms with E-state index in [1.54, 1.807) is 16.7 Å². The van der Waals surface area contributed by atoms with Gasteiger partial charge in [0.2, 0.25) is 5.82 Å². The quantitative estimate of drug-likeness (QED) is 0.257. The molecule has 2 aromatic heterocycles. The fraction of sp³-hybridized carbons (Fsp3) is 0.375. The summed E-state index contributed by atoms with van der Waals surface area (Å²) in [7, 11) is 6.63. The number of aryl methyl sites for hydroxylation is 1. The van der Waals surface area contributed by atoms with E-state index in [1.165, 1.54) is 30.9 Å². The van der Waals surface area contributed by atoms with Crippen molar-refractivity contribution in [1.29, 1.82) is 5.26 Å². The van der Waals surface area contributed by atoms with E-state index < -0.39 is 18.2 Å². The van der Waals surface area contributed by atoms with Gasteiger partial charge in [-0.05, 0) is 68.0 Å². The average Bonchev–Trinajstić information content (AvgIpc) is 3.41. The molecule has 5 rings (SSSR count). The Labute approximate surface area is 249 Å². The van der Waals surface area contributed by atoms with Crippen LogP contribution in [-0.4, -0.2) is 77.0 Å². The number of piperidine rings is 1. The van der Waals surface area contributed by atoms with Crippen LogP contribution in [0.1, 0.15) is 35.2 Å². The number of likely N-dealkylation sites (tertiary alicyclic amines) is 1. The first-order valence-electron chi connectivity index (χ1n) is 14.3. The zero-order chi connectivity index (χ0) is 30.7. The van der Waals surface area contributed by atoms with Crippen molar-refractivity contribution in [3.63, 3.8) is 0 Å². The lowest BCUT2D eigenvalue weighted by Gasteiger charge is -2.34. The molecule has 1 N–H and O–H groups in total. The maximum absolute atomic E-state index is 15.0. The van der Waals surface area contributed by atoms with Gasteiger partial charge in [0.05, 0.1) is 39.6 Å². The first-order valence-corrected chi connectivity index (χ1v) is 14.3. The maximum atomic E-state index is 15.0. The van der Waals surface area contributed by atoms with Gasteiger partial charge in [-0.1, -0.05) is 0 Å². The number of nitrogens with zero attached hydrogens (tertiary/aromatic N) is 6. The van der Waals surface area contributed by atoms with E-state index in [1.807, 2.05) is 30.0 Å². The van der Waals surface area contributed by atoms with Crippen LogP contribution in [0.2, 0.25) is 0 Å². The van der Waals surface area contributed by atoms with Gasteiger partial charge in [0.25, 0.3) is 5.91 Å². The van der Waals surface area contributed by atoms with Crippen LogP contribution in [0.5, 0.6) is 5.75 Å². The number of rotatable bonds is 9. The van der Waals surface area contributed by atoms with Crippen molar-refractivity contribution >= 4 is 23.1 Å². The molecule has 11 heteroatoms. The Balaban J connectivity index is 1.30. The zero-order valence-electron chi connectivity index (χ0n) is 24.9. The second kappa shape index (κ2) is 12.4. The molecule has 224 valence electrons. The summed E-state index contributed by atoms with van der Waals surface area (Å²) in [4.78, 5) is 24.1. The molecule has 1 saturated heterocycles. The number of aromatic nitrogens is 3. The third-order valence-electron chi connectivity index (χ3n) is 7.87. The minimum Gasteiger partial charge on any atom is -0.476 e. The lowest BCUT2D eigenvalue weighted by atomic mass is 9.92. The Morgan fingerprint density at radius 2 is 1.91 bits per heavy atom. The number of hydrogen-bond donors (Lipinski definition) is 1. The molecular formula is C32H36F2N7O2+. The number of carbonyl (C=O) groups is 1. The highest BCUT2D eigenvalue weighted by Crippen LogP contribution is 2.32. The van der Waals surface area contributed by atoms with Crippen molar-refractivity contribution < 1.29 is 22.8 Å². The molecule has 0 saturated carbocycles. The molecule has 1 aliphatic heterocycles. The van der Waals surface area contributed by atoms with Gasteiger partial charge in [0.1, 0.15) is 6.07 Å². The van der Waals surface area contributed by atoms with Gasteiger partial charge in [-0.2, -0.15) is 9.65 Å². The van der Waals surface area contributed by atoms with Crippen molar-refractivity contribution in [2.75, 3.05) is 52.7 Å². The van der Waals surface area contributed by atoms with Gasteiger partial charge in [0, 0.05) is 42.3 Å². The Hall–Kier alpha value is -4.56. The summed E-state index contributed by atoms with van der Waals surface area (Å²) >= 11 is 0. The number of quaternary nitrogens is 1. The normalized spacial score (nSPS) is 14.1. The van der Waals surface area contributed by atoms with E-state index in [4.69, 9.17) is 10.00 Å². The summed E-state index contributed by atoms with van der Waals surface area (Å²) in [6.45, 7) is 4.20. The molecule has 1 amide bonds. The number of ether oxygens (including phenoxy) is 1. The molecule has 0 unspecified atom stereocenters. The molecule has 0 atom stereocenters. The van der Waals surface area contributed by atoms with Gasteiger partial charge in [0.15, 0.2) is 29.6 Å². The van der Waals surface area contributed by atoms with E-state index in [0.29, 0.717) is 28.6 Å². The molecule has 3 heterocycles. The monoisotopic (exact) mass is 588 g/mol. The first-order chi connectivity index (χ1) is 20.6. The Morgan fingerprint density at radius 3 is 2.60 bits per heavy atom. The molecule has 1 aliphatic rings. The van der Waals surface area contributed by atoms with Crippen LogP contribution in [0, 0.1) is 35.8 Å². The van der Waals surface area contributed by atoms with Crippen LogP contribution in [-0.2, 0) is 0 Å². The Morgan fingerprint density at radius 1 is 1.14 bits per heavy atom. The van der Waals surface area contributed by atoms with Gasteiger partial charge in [-0.15, -0.1) is 0 Å². The van der Waals surface area contributed by atoms with E-state index in [-0.39, 0.29) is 17.2 Å². The van der Waals surface area contributed by atoms with Gasteiger partial charge in [-0.25, -0.2) is 14.4 Å². The van der Waals surface area contributed by atoms with Crippen LogP contribution in [0.4, 0.5) is 20.3 Å². The fourth-order valence-corrected chi connectivity index (χ4v) is 5.44. The van der Waals surface area contributed by atoms with E-state index >= 15 is 0 Å². The molecule has 1 fully saturated rings. The number of nitrogens with one attached hydrogen (secondary N) is 1. The minimum absolute atomic E-state index is 0.0115. The smallest absolute Gasteiger partial charge is 0.254 e. The topological polar surface area (TPSA) is 95.5 Å². The lowest BCUT2D eigenvalue weighted by Crippen LogP contribution is -2.41. The maximum Gasteiger partial charge on any atom is 0.254 e. The molecule has 0 bridgehead atoms. The minimum atomic E-state index is -1.18. The summed E-state index contributed by atoms with van der Waals surface area (Å²) in [6, 6.07) is 9.95. The number of anilines is 2. The van der Waals surface area contributed by atoms with Crippen molar-refractivity contribution in [3.8, 4) is 23.1 Å². The Kier molecular flexibility index (Phi) is 8.59. The van der Waals surface area contributed by atoms with Crippen LogP contribution < -0.4 is 10.1 Å². The lowest BCUT2D eigenvalue weighted by molar-refractivity contribution is -0.871. The molecule has 2 aromatic carbocycles. The summed E-state index contributed by atoms with van der Waals surface area (Å²) in [6.07, 6.45) is 7.82. The second-order valence-electron chi connectivity index (χ2n) is 12.0. The van der Waals surface area contributed by atoms with Gasteiger partial charge >= 0.3 is 0 Å². The SMILES string of the molecule is Cc1cc(Nc2nccn3c(-c4ccc(OCC#N)c(F)c4F)cnc23)ccc1C(=O)N1CCC(CC[N+](C)(C)C)CC1. The number of carbonyl (C=O) groups excluding carboxylic acids is 1. The molecule has 0 radical (unpaired) electrons. The molecule has 43 heavy (non-hydrogen) atoms. The number of imidazole rings is 1. The summed E-state index contributed by atoms with van der Waals surface area (Å²) < 4.78 is 37.1. The van der Waals surface area contributed by atoms with E-state index in [2.05, 4.69) is 36.4 Å². The number of amides is 1. The average molecular weight is 589 g/mol. The molecule has 0 spiro atoms. The summed E-state index contributed by atoms with van der Waals surface area (Å²) in [5, 5.41) is 11.9. The van der Waals surface area contributed by atoms with Crippen molar-refractivity contribution in [1.82, 2.24) is 19.3 Å². The molecule has 9 nitrogen and oxygen atoms in total. The summed E-state index contributed by atoms with van der Waals surface area (Å²) in [5.41, 5.74) is 2.95. The number of nitriles is 1. The standard InChI is InChI=1S/C32H35F2N7O2/c1-21-19-23(5-6-24(21)32(42)39-14-9-22(10-15-39)11-17-41(2,3)4)38-30-31-37-20-26(40(31)16-13-36-30)25-7-8-27(43-18-12-35)29(34)28(25)33/h5-8,13,16,19-20,22H,9-11,14-15,17-18H2,1-4H3/p+1. The zero-order valence-corrected chi connectivity index (χ0v) is 24.9. The van der Waals surface area contributed by atoms with Crippen LogP contribution in [0.25, 0.3) is 16.9 Å². The van der Waals surface area contributed by atoms with Crippen molar-refractivity contribution in [3.05, 3.63) is 71.7 Å². The molecule has 0 aliphatic carbocycles. The van der Waals surface area contributed by atoms with Crippen molar-refractivity contribution in [2.24, 2.45) is 5.92 Å². The fourth-order valence-electron chi connectivity index (χ4n) is 5.44. The van der Waals surface area contributed by atoms with E-state index in [9.17, 15) is 13.6 Å². The summed E-state index contributed by atoms with van der Waals surface area (Å²) in [5.74, 6) is -1.50. The third-order valence-corrected chi connectivity index (χ3v) is 7.87. The largest absolute Gasteiger partial charge is 0.476 e. The van der Waals surface area contributed by atoms with Crippen LogP contribution >= 0.6 is 0 Å². The van der Waals surface area contributed by atoms with Crippen molar-refractivity contribution in [2.45, 2.75) is 26.2 Å². The molecule has 4 aromatic rings. The van der Waals surface area contributed by atoms with Gasteiger partial charge < -0.3 is 19.4 Å². The van der Waals surface area contributed by atoms with Crippen LogP contribution in [0.3, 0.4) is 0 Å². The number of hydrogen-bond acceptors (Lipinski definition) is 6. The number of halogens is 2. The number of benzene rings is 2. The highest BCUT2D eigenvalue weighted by molar-refractivity contribution is 5.96. The predicted molar refractivity (Wildman–Crippen MR) is 160 cm³/mol. The predicted octanol–water partition coefficient (Wildman–Crippen LogP) is 5.58.